The number of nitriles is 1. The highest BCUT2D eigenvalue weighted by Gasteiger charge is 2.10. The number of ether oxygens (including phenoxy) is 1. The Morgan fingerprint density at radius 1 is 1.25 bits per heavy atom. The number of nitrogens with zero attached hydrogens (tertiary/aromatic N) is 3. The van der Waals surface area contributed by atoms with Crippen molar-refractivity contribution in [2.24, 2.45) is 0 Å². The molecule has 2 aromatic heterocycles. The highest BCUT2D eigenvalue weighted by atomic mass is 16.5. The standard InChI is InChI=1S/C12H7N5O3/c13-3-4-20-6-1-2-7-8(5-6)14-12(19)10-9(11(7)18)15-17-16-10/h1-2,5H,4H2,(H,14,19)(H,15,16,17). The van der Waals surface area contributed by atoms with Gasteiger partial charge in [-0.2, -0.15) is 20.7 Å². The summed E-state index contributed by atoms with van der Waals surface area (Å²) in [7, 11) is 0. The molecule has 0 atom stereocenters. The fourth-order valence-electron chi connectivity index (χ4n) is 1.89. The third kappa shape index (κ3) is 1.78. The van der Waals surface area contributed by atoms with Crippen molar-refractivity contribution in [1.82, 2.24) is 20.4 Å². The average Bonchev–Trinajstić information content (AvgIpc) is 2.90. The number of hydrogen-bond donors (Lipinski definition) is 2. The van der Waals surface area contributed by atoms with Crippen LogP contribution in [0.1, 0.15) is 0 Å². The van der Waals surface area contributed by atoms with Crippen molar-refractivity contribution in [2.75, 3.05) is 6.61 Å². The molecule has 3 rings (SSSR count). The predicted octanol–water partition coefficient (Wildman–Crippen LogP) is 0.0620. The van der Waals surface area contributed by atoms with E-state index in [4.69, 9.17) is 10.00 Å². The van der Waals surface area contributed by atoms with Crippen molar-refractivity contribution in [3.63, 3.8) is 0 Å². The van der Waals surface area contributed by atoms with E-state index < -0.39 is 11.0 Å². The van der Waals surface area contributed by atoms with Gasteiger partial charge >= 0.3 is 0 Å². The fraction of sp³-hybridized carbons (Fsp3) is 0.0833. The third-order valence-electron chi connectivity index (χ3n) is 2.77. The van der Waals surface area contributed by atoms with E-state index in [-0.39, 0.29) is 23.0 Å². The van der Waals surface area contributed by atoms with E-state index in [1.165, 1.54) is 12.1 Å². The topological polar surface area (TPSA) is 125 Å². The van der Waals surface area contributed by atoms with Crippen molar-refractivity contribution in [2.45, 2.75) is 0 Å². The van der Waals surface area contributed by atoms with Crippen LogP contribution in [0, 0.1) is 11.3 Å². The zero-order valence-electron chi connectivity index (χ0n) is 10.0. The summed E-state index contributed by atoms with van der Waals surface area (Å²) in [5.41, 5.74) is -0.708. The number of H-pyrrole nitrogens is 2. The minimum absolute atomic E-state index is 0.0213. The summed E-state index contributed by atoms with van der Waals surface area (Å²) in [5, 5.41) is 18.4. The van der Waals surface area contributed by atoms with Gasteiger partial charge in [0.05, 0.1) is 5.52 Å². The molecule has 0 aliphatic rings. The van der Waals surface area contributed by atoms with E-state index in [2.05, 4.69) is 20.4 Å². The van der Waals surface area contributed by atoms with Crippen LogP contribution in [0.4, 0.5) is 0 Å². The number of aromatic amines is 2. The molecule has 0 fully saturated rings. The summed E-state index contributed by atoms with van der Waals surface area (Å²) in [6, 6.07) is 6.38. The van der Waals surface area contributed by atoms with Crippen LogP contribution in [0.25, 0.3) is 21.9 Å². The molecule has 8 heteroatoms. The maximum Gasteiger partial charge on any atom is 0.278 e. The summed E-state index contributed by atoms with van der Waals surface area (Å²) >= 11 is 0. The van der Waals surface area contributed by atoms with E-state index in [9.17, 15) is 9.59 Å². The van der Waals surface area contributed by atoms with Gasteiger partial charge in [0.15, 0.2) is 17.6 Å². The Morgan fingerprint density at radius 2 is 2.05 bits per heavy atom. The molecule has 0 bridgehead atoms. The Hall–Kier alpha value is -3.21. The van der Waals surface area contributed by atoms with E-state index in [1.807, 2.05) is 6.07 Å². The van der Waals surface area contributed by atoms with Gasteiger partial charge in [-0.1, -0.05) is 0 Å². The monoisotopic (exact) mass is 269 g/mol. The number of nitrogens with one attached hydrogen (secondary N) is 2. The molecule has 0 radical (unpaired) electrons. The molecule has 0 spiro atoms. The number of benzene rings is 1. The minimum atomic E-state index is -0.529. The Morgan fingerprint density at radius 3 is 2.85 bits per heavy atom. The van der Waals surface area contributed by atoms with Crippen LogP contribution >= 0.6 is 0 Å². The van der Waals surface area contributed by atoms with Crippen molar-refractivity contribution in [3.8, 4) is 11.8 Å². The Labute approximate surface area is 110 Å². The molecule has 8 nitrogen and oxygen atoms in total. The van der Waals surface area contributed by atoms with Crippen LogP contribution in [-0.2, 0) is 0 Å². The first-order valence-electron chi connectivity index (χ1n) is 5.61. The summed E-state index contributed by atoms with van der Waals surface area (Å²) < 4.78 is 5.13. The van der Waals surface area contributed by atoms with Crippen LogP contribution in [0.5, 0.6) is 5.75 Å². The zero-order valence-corrected chi connectivity index (χ0v) is 10.0. The van der Waals surface area contributed by atoms with Crippen LogP contribution in [0.3, 0.4) is 0 Å². The predicted molar refractivity (Wildman–Crippen MR) is 69.4 cm³/mol. The number of fused-ring (bicyclic) bond motifs is 2. The van der Waals surface area contributed by atoms with E-state index >= 15 is 0 Å². The zero-order chi connectivity index (χ0) is 14.1. The molecule has 20 heavy (non-hydrogen) atoms. The van der Waals surface area contributed by atoms with Gasteiger partial charge in [-0.15, -0.1) is 0 Å². The van der Waals surface area contributed by atoms with Crippen LogP contribution < -0.4 is 15.7 Å². The first-order chi connectivity index (χ1) is 9.70. The highest BCUT2D eigenvalue weighted by molar-refractivity contribution is 5.87. The lowest BCUT2D eigenvalue weighted by Gasteiger charge is -2.01. The van der Waals surface area contributed by atoms with E-state index in [1.54, 1.807) is 6.07 Å². The van der Waals surface area contributed by atoms with Gasteiger partial charge in [0.2, 0.25) is 5.43 Å². The van der Waals surface area contributed by atoms with Crippen LogP contribution in [0.15, 0.2) is 27.8 Å². The van der Waals surface area contributed by atoms with Gasteiger partial charge in [0.25, 0.3) is 5.56 Å². The lowest BCUT2D eigenvalue weighted by atomic mass is 10.2. The molecule has 98 valence electrons. The quantitative estimate of drug-likeness (QED) is 0.677. The molecular weight excluding hydrogens is 262 g/mol. The lowest BCUT2D eigenvalue weighted by Crippen LogP contribution is -2.02. The molecule has 0 amide bonds. The molecule has 3 aromatic rings. The van der Waals surface area contributed by atoms with Gasteiger partial charge in [-0.25, -0.2) is 0 Å². The highest BCUT2D eigenvalue weighted by Crippen LogP contribution is 2.16. The molecular formula is C12H7N5O3. The molecule has 2 heterocycles. The van der Waals surface area contributed by atoms with Crippen molar-refractivity contribution in [1.29, 1.82) is 5.26 Å². The Balaban J connectivity index is 2.38. The Kier molecular flexibility index (Phi) is 2.65. The van der Waals surface area contributed by atoms with Gasteiger partial charge < -0.3 is 9.72 Å². The average molecular weight is 269 g/mol. The molecule has 0 aliphatic heterocycles. The smallest absolute Gasteiger partial charge is 0.278 e. The molecule has 0 unspecified atom stereocenters. The van der Waals surface area contributed by atoms with Gasteiger partial charge in [0, 0.05) is 11.5 Å². The minimum Gasteiger partial charge on any atom is -0.479 e. The number of rotatable bonds is 2. The summed E-state index contributed by atoms with van der Waals surface area (Å²) in [4.78, 5) is 26.7. The second-order valence-electron chi connectivity index (χ2n) is 3.96. The summed E-state index contributed by atoms with van der Waals surface area (Å²) in [6.07, 6.45) is 0. The third-order valence-corrected chi connectivity index (χ3v) is 2.77. The first kappa shape index (κ1) is 11.9. The molecule has 2 N–H and O–H groups in total. The van der Waals surface area contributed by atoms with Crippen LogP contribution in [-0.4, -0.2) is 27.0 Å². The Bertz CT molecular complexity index is 967. The lowest BCUT2D eigenvalue weighted by molar-refractivity contribution is 0.368. The summed E-state index contributed by atoms with van der Waals surface area (Å²) in [5.74, 6) is 0.382. The van der Waals surface area contributed by atoms with Crippen molar-refractivity contribution < 1.29 is 4.74 Å². The largest absolute Gasteiger partial charge is 0.479 e. The summed E-state index contributed by atoms with van der Waals surface area (Å²) in [6.45, 7) is -0.121. The van der Waals surface area contributed by atoms with Gasteiger partial charge in [0.1, 0.15) is 11.8 Å². The van der Waals surface area contributed by atoms with Crippen molar-refractivity contribution >= 4 is 21.9 Å². The maximum absolute atomic E-state index is 12.3. The molecule has 0 saturated heterocycles. The maximum atomic E-state index is 12.3. The normalized spacial score (nSPS) is 10.6. The fourth-order valence-corrected chi connectivity index (χ4v) is 1.89. The van der Waals surface area contributed by atoms with Gasteiger partial charge in [-0.05, 0) is 12.1 Å². The molecule has 0 saturated carbocycles. The second-order valence-corrected chi connectivity index (χ2v) is 3.96. The van der Waals surface area contributed by atoms with Gasteiger partial charge in [-0.3, -0.25) is 9.59 Å². The van der Waals surface area contributed by atoms with E-state index in [0.717, 1.165) is 0 Å². The SMILES string of the molecule is N#CCOc1ccc2c(=O)c3n[nH]nc3c(=O)[nH]c2c1. The van der Waals surface area contributed by atoms with E-state index in [0.29, 0.717) is 11.3 Å². The first-order valence-corrected chi connectivity index (χ1v) is 5.61. The second kappa shape index (κ2) is 4.47. The van der Waals surface area contributed by atoms with Crippen molar-refractivity contribution in [3.05, 3.63) is 38.8 Å². The number of hydrogen-bond acceptors (Lipinski definition) is 6. The molecule has 0 aliphatic carbocycles. The van der Waals surface area contributed by atoms with Crippen LogP contribution in [0.2, 0.25) is 0 Å². The molecule has 1 aromatic carbocycles. The number of aromatic nitrogens is 4.